The molecule has 0 aromatic heterocycles. The van der Waals surface area contributed by atoms with Crippen LogP contribution in [0.2, 0.25) is 0 Å². The highest BCUT2D eigenvalue weighted by Crippen LogP contribution is 2.40. The maximum Gasteiger partial charge on any atom is 0.264 e. The predicted octanol–water partition coefficient (Wildman–Crippen LogP) is 3.90. The van der Waals surface area contributed by atoms with Gasteiger partial charge in [-0.15, -0.1) is 0 Å². The highest BCUT2D eigenvalue weighted by molar-refractivity contribution is 7.92. The molecule has 0 spiro atoms. The molecule has 0 radical (unpaired) electrons. The van der Waals surface area contributed by atoms with Crippen molar-refractivity contribution in [2.75, 3.05) is 24.0 Å². The zero-order chi connectivity index (χ0) is 26.2. The largest absolute Gasteiger partial charge is 0.486 e. The van der Waals surface area contributed by atoms with Crippen LogP contribution in [0, 0.1) is 0 Å². The maximum absolute atomic E-state index is 13.7. The molecule has 8 nitrogen and oxygen atoms in total. The van der Waals surface area contributed by atoms with Crippen LogP contribution in [0.15, 0.2) is 77.7 Å². The topological polar surface area (TPSA) is 94.2 Å². The molecule has 5 rings (SSSR count). The van der Waals surface area contributed by atoms with Crippen LogP contribution in [0.5, 0.6) is 17.2 Å². The van der Waals surface area contributed by atoms with Crippen LogP contribution in [-0.4, -0.2) is 46.2 Å². The van der Waals surface area contributed by atoms with Gasteiger partial charge in [-0.05, 0) is 47.4 Å². The number of hydrogen-bond donors (Lipinski definition) is 1. The molecule has 2 aliphatic heterocycles. The van der Waals surface area contributed by atoms with Crippen molar-refractivity contribution in [3.63, 3.8) is 0 Å². The number of sulfonamides is 1. The molecule has 2 aliphatic rings. The van der Waals surface area contributed by atoms with E-state index in [0.717, 1.165) is 5.56 Å². The third-order valence-corrected chi connectivity index (χ3v) is 8.18. The highest BCUT2D eigenvalue weighted by Gasteiger charge is 2.38. The Morgan fingerprint density at radius 1 is 0.946 bits per heavy atom. The number of benzene rings is 3. The number of fused-ring (bicyclic) bond motifs is 2. The predicted molar refractivity (Wildman–Crippen MR) is 140 cm³/mol. The fourth-order valence-corrected chi connectivity index (χ4v) is 5.78. The van der Waals surface area contributed by atoms with Crippen molar-refractivity contribution >= 4 is 21.6 Å². The van der Waals surface area contributed by atoms with Gasteiger partial charge in [0, 0.05) is 0 Å². The lowest BCUT2D eigenvalue weighted by Gasteiger charge is -2.36. The molecule has 1 amide bonds. The number of nitrogens with zero attached hydrogens (tertiary/aromatic N) is 1. The number of hydrogen-bond acceptors (Lipinski definition) is 6. The molecule has 0 saturated carbocycles. The standard InChI is InChI=1S/C28H30N2O6S/c1-28(2,3)19-13-14-23-22(15-19)30(37(32,33)21-9-5-4-6-10-21)17-26(36-23)27(31)29-16-20-18-34-24-11-7-8-12-25(24)35-20/h4-15,20,26H,16-18H2,1-3H3,(H,29,31)/t20-,26-/m0/s1. The summed E-state index contributed by atoms with van der Waals surface area (Å²) in [7, 11) is -3.94. The van der Waals surface area contributed by atoms with Gasteiger partial charge in [0.2, 0.25) is 0 Å². The van der Waals surface area contributed by atoms with Crippen molar-refractivity contribution in [2.24, 2.45) is 0 Å². The summed E-state index contributed by atoms with van der Waals surface area (Å²) in [6, 6.07) is 21.0. The van der Waals surface area contributed by atoms with Crippen molar-refractivity contribution in [1.29, 1.82) is 0 Å². The first kappa shape index (κ1) is 25.0. The Morgan fingerprint density at radius 2 is 1.65 bits per heavy atom. The molecule has 0 bridgehead atoms. The monoisotopic (exact) mass is 522 g/mol. The first-order valence-electron chi connectivity index (χ1n) is 12.2. The molecule has 0 aliphatic carbocycles. The van der Waals surface area contributed by atoms with E-state index in [2.05, 4.69) is 26.1 Å². The van der Waals surface area contributed by atoms with Crippen LogP contribution in [-0.2, 0) is 20.2 Å². The van der Waals surface area contributed by atoms with Gasteiger partial charge in [-0.2, -0.15) is 0 Å². The number of para-hydroxylation sites is 2. The van der Waals surface area contributed by atoms with E-state index >= 15 is 0 Å². The Hall–Kier alpha value is -3.72. The van der Waals surface area contributed by atoms with Gasteiger partial charge in [-0.25, -0.2) is 8.42 Å². The quantitative estimate of drug-likeness (QED) is 0.546. The maximum atomic E-state index is 13.7. The zero-order valence-electron chi connectivity index (χ0n) is 21.0. The van der Waals surface area contributed by atoms with Crippen LogP contribution >= 0.6 is 0 Å². The van der Waals surface area contributed by atoms with E-state index in [-0.39, 0.29) is 36.1 Å². The molecule has 194 valence electrons. The molecule has 9 heteroatoms. The van der Waals surface area contributed by atoms with E-state index in [4.69, 9.17) is 14.2 Å². The summed E-state index contributed by atoms with van der Waals surface area (Å²) in [5, 5.41) is 2.84. The molecule has 2 atom stereocenters. The summed E-state index contributed by atoms with van der Waals surface area (Å²) in [5.74, 6) is 1.19. The summed E-state index contributed by atoms with van der Waals surface area (Å²) in [6.45, 7) is 6.49. The van der Waals surface area contributed by atoms with Crippen molar-refractivity contribution in [3.05, 3.63) is 78.4 Å². The van der Waals surface area contributed by atoms with Crippen molar-refractivity contribution in [3.8, 4) is 17.2 Å². The number of ether oxygens (including phenoxy) is 3. The normalized spacial score (nSPS) is 18.9. The minimum absolute atomic E-state index is 0.148. The molecule has 1 N–H and O–H groups in total. The summed E-state index contributed by atoms with van der Waals surface area (Å²) in [4.78, 5) is 13.3. The second-order valence-electron chi connectivity index (χ2n) is 10.1. The summed E-state index contributed by atoms with van der Waals surface area (Å²) >= 11 is 0. The highest BCUT2D eigenvalue weighted by atomic mass is 32.2. The van der Waals surface area contributed by atoms with Crippen molar-refractivity contribution in [1.82, 2.24) is 5.32 Å². The van der Waals surface area contributed by atoms with Crippen LogP contribution in [0.4, 0.5) is 5.69 Å². The van der Waals surface area contributed by atoms with Gasteiger partial charge in [0.25, 0.3) is 15.9 Å². The SMILES string of the molecule is CC(C)(C)c1ccc2c(c1)N(S(=O)(=O)c1ccccc1)C[C@@H](C(=O)NC[C@H]1COc3ccccc3O1)O2. The molecule has 3 aromatic carbocycles. The summed E-state index contributed by atoms with van der Waals surface area (Å²) in [6.07, 6.45) is -1.42. The van der Waals surface area contributed by atoms with E-state index < -0.39 is 22.0 Å². The average Bonchev–Trinajstić information content (AvgIpc) is 2.90. The van der Waals surface area contributed by atoms with E-state index in [1.54, 1.807) is 36.4 Å². The number of nitrogens with one attached hydrogen (secondary N) is 1. The van der Waals surface area contributed by atoms with Gasteiger partial charge in [0.1, 0.15) is 18.5 Å². The minimum Gasteiger partial charge on any atom is -0.486 e. The van der Waals surface area contributed by atoms with Crippen LogP contribution in [0.3, 0.4) is 0 Å². The second-order valence-corrected chi connectivity index (χ2v) is 12.0. The van der Waals surface area contributed by atoms with Crippen LogP contribution in [0.25, 0.3) is 0 Å². The van der Waals surface area contributed by atoms with Gasteiger partial charge in [-0.1, -0.05) is 57.2 Å². The van der Waals surface area contributed by atoms with E-state index in [1.807, 2.05) is 36.4 Å². The lowest BCUT2D eigenvalue weighted by molar-refractivity contribution is -0.128. The van der Waals surface area contributed by atoms with E-state index in [9.17, 15) is 13.2 Å². The Balaban J connectivity index is 1.38. The van der Waals surface area contributed by atoms with Gasteiger partial charge in [0.05, 0.1) is 23.7 Å². The third-order valence-electron chi connectivity index (χ3n) is 6.39. The lowest BCUT2D eigenvalue weighted by Crippen LogP contribution is -2.52. The second kappa shape index (κ2) is 9.63. The molecule has 0 unspecified atom stereocenters. The van der Waals surface area contributed by atoms with Crippen LogP contribution < -0.4 is 23.8 Å². The molecule has 3 aromatic rings. The number of amides is 1. The van der Waals surface area contributed by atoms with Gasteiger partial charge in [-0.3, -0.25) is 9.10 Å². The van der Waals surface area contributed by atoms with Gasteiger partial charge in [0.15, 0.2) is 17.6 Å². The fraction of sp³-hybridized carbons (Fsp3) is 0.321. The average molecular weight is 523 g/mol. The number of carbonyl (C=O) groups is 1. The molecular formula is C28H30N2O6S. The fourth-order valence-electron chi connectivity index (χ4n) is 4.29. The molecular weight excluding hydrogens is 492 g/mol. The van der Waals surface area contributed by atoms with Gasteiger partial charge < -0.3 is 19.5 Å². The van der Waals surface area contributed by atoms with E-state index in [1.165, 1.54) is 4.31 Å². The first-order valence-corrected chi connectivity index (χ1v) is 13.6. The smallest absolute Gasteiger partial charge is 0.264 e. The Labute approximate surface area is 217 Å². The first-order chi connectivity index (χ1) is 17.6. The summed E-state index contributed by atoms with van der Waals surface area (Å²) in [5.41, 5.74) is 1.17. The molecule has 0 saturated heterocycles. The molecule has 0 fully saturated rings. The summed E-state index contributed by atoms with van der Waals surface area (Å²) < 4.78 is 46.3. The number of rotatable bonds is 5. The molecule has 2 heterocycles. The number of carbonyl (C=O) groups excluding carboxylic acids is 1. The van der Waals surface area contributed by atoms with Crippen LogP contribution in [0.1, 0.15) is 26.3 Å². The Bertz CT molecular complexity index is 1400. The molecule has 37 heavy (non-hydrogen) atoms. The van der Waals surface area contributed by atoms with Gasteiger partial charge >= 0.3 is 0 Å². The number of anilines is 1. The van der Waals surface area contributed by atoms with Crippen molar-refractivity contribution < 1.29 is 27.4 Å². The zero-order valence-corrected chi connectivity index (χ0v) is 21.8. The Morgan fingerprint density at radius 3 is 2.38 bits per heavy atom. The van der Waals surface area contributed by atoms with Crippen molar-refractivity contribution in [2.45, 2.75) is 43.3 Å². The third kappa shape index (κ3) is 5.09. The Kier molecular flexibility index (Phi) is 6.49. The lowest BCUT2D eigenvalue weighted by atomic mass is 9.86. The van der Waals surface area contributed by atoms with E-state index in [0.29, 0.717) is 22.9 Å². The minimum atomic E-state index is -3.94.